The molecule has 0 amide bonds. The quantitative estimate of drug-likeness (QED) is 0.855. The third kappa shape index (κ3) is 2.74. The molecule has 0 fully saturated rings. The van der Waals surface area contributed by atoms with E-state index in [0.29, 0.717) is 0 Å². The first-order valence-electron chi connectivity index (χ1n) is 6.63. The van der Waals surface area contributed by atoms with Crippen molar-refractivity contribution in [2.45, 2.75) is 41.2 Å². The smallest absolute Gasteiger partial charge is 0.271 e. The fourth-order valence-electron chi connectivity index (χ4n) is 2.07. The monoisotopic (exact) mass is 276 g/mol. The molecule has 5 nitrogen and oxygen atoms in total. The van der Waals surface area contributed by atoms with E-state index in [9.17, 15) is 14.7 Å². The second-order valence-electron chi connectivity index (χ2n) is 5.64. The Hall–Kier alpha value is -2.09. The highest BCUT2D eigenvalue weighted by Gasteiger charge is 2.25. The van der Waals surface area contributed by atoms with Crippen molar-refractivity contribution < 1.29 is 9.90 Å². The number of carbonyl (C=O) groups excluding carboxylic acids is 1. The number of aromatic hydroxyl groups is 1. The average Bonchev–Trinajstić information content (AvgIpc) is 2.34. The topological polar surface area (TPSA) is 83.1 Å². The maximum Gasteiger partial charge on any atom is 0.271 e. The number of pyridine rings is 1. The molecule has 108 valence electrons. The summed E-state index contributed by atoms with van der Waals surface area (Å²) < 4.78 is 1.12. The molecule has 0 unspecified atom stereocenters. The molecule has 0 bridgehead atoms. The molecule has 1 N–H and O–H groups in total. The number of rotatable bonds is 4. The number of nitriles is 1. The molecule has 1 heterocycles. The van der Waals surface area contributed by atoms with Gasteiger partial charge in [-0.05, 0) is 18.4 Å². The first kappa shape index (κ1) is 16.0. The van der Waals surface area contributed by atoms with Crippen LogP contribution in [0.5, 0.6) is 5.88 Å². The third-order valence-corrected chi connectivity index (χ3v) is 3.12. The Kier molecular flexibility index (Phi) is 4.72. The molecule has 20 heavy (non-hydrogen) atoms. The molecule has 1 rings (SSSR count). The van der Waals surface area contributed by atoms with Crippen molar-refractivity contribution in [3.63, 3.8) is 0 Å². The summed E-state index contributed by atoms with van der Waals surface area (Å²) in [4.78, 5) is 24.4. The first-order chi connectivity index (χ1) is 9.22. The SMILES string of the molecule is Cc1c(C(=O)C(C)C)c(O)n(CC(C)C)c(=O)c1C#N. The molecule has 1 aromatic heterocycles. The summed E-state index contributed by atoms with van der Waals surface area (Å²) in [6, 6.07) is 1.84. The van der Waals surface area contributed by atoms with E-state index in [-0.39, 0.29) is 46.7 Å². The van der Waals surface area contributed by atoms with Gasteiger partial charge in [0.2, 0.25) is 5.88 Å². The third-order valence-electron chi connectivity index (χ3n) is 3.12. The van der Waals surface area contributed by atoms with E-state index in [0.717, 1.165) is 4.57 Å². The van der Waals surface area contributed by atoms with Crippen LogP contribution in [0.4, 0.5) is 0 Å². The van der Waals surface area contributed by atoms with E-state index in [1.54, 1.807) is 13.8 Å². The highest BCUT2D eigenvalue weighted by Crippen LogP contribution is 2.25. The number of ketones is 1. The van der Waals surface area contributed by atoms with Gasteiger partial charge >= 0.3 is 0 Å². The highest BCUT2D eigenvalue weighted by atomic mass is 16.3. The van der Waals surface area contributed by atoms with Crippen LogP contribution < -0.4 is 5.56 Å². The Morgan fingerprint density at radius 2 is 1.90 bits per heavy atom. The van der Waals surface area contributed by atoms with Crippen molar-refractivity contribution in [1.82, 2.24) is 4.57 Å². The maximum absolute atomic E-state index is 12.2. The van der Waals surface area contributed by atoms with E-state index >= 15 is 0 Å². The Balaban J connectivity index is 3.74. The number of hydrogen-bond acceptors (Lipinski definition) is 4. The maximum atomic E-state index is 12.2. The van der Waals surface area contributed by atoms with Gasteiger partial charge in [-0.1, -0.05) is 27.7 Å². The minimum absolute atomic E-state index is 0.0764. The number of Topliss-reactive ketones (excluding diaryl/α,β-unsaturated/α-hetero) is 1. The highest BCUT2D eigenvalue weighted by molar-refractivity contribution is 6.01. The standard InChI is InChI=1S/C15H20N2O3/c1-8(2)7-17-14(19)11(6-16)10(5)12(15(17)20)13(18)9(3)4/h8-9,20H,7H2,1-5H3. The molecule has 0 saturated carbocycles. The molecule has 0 aromatic carbocycles. The lowest BCUT2D eigenvalue weighted by Crippen LogP contribution is -2.28. The molecule has 0 aliphatic carbocycles. The Labute approximate surface area is 118 Å². The van der Waals surface area contributed by atoms with Crippen molar-refractivity contribution in [3.05, 3.63) is 27.0 Å². The van der Waals surface area contributed by atoms with Crippen molar-refractivity contribution in [2.24, 2.45) is 11.8 Å². The zero-order chi connectivity index (χ0) is 15.6. The second-order valence-corrected chi connectivity index (χ2v) is 5.64. The van der Waals surface area contributed by atoms with Crippen LogP contribution in [-0.4, -0.2) is 15.5 Å². The minimum atomic E-state index is -0.545. The van der Waals surface area contributed by atoms with E-state index in [4.69, 9.17) is 5.26 Å². The van der Waals surface area contributed by atoms with Crippen molar-refractivity contribution in [1.29, 1.82) is 5.26 Å². The van der Waals surface area contributed by atoms with Gasteiger partial charge in [0.25, 0.3) is 5.56 Å². The van der Waals surface area contributed by atoms with Crippen LogP contribution in [-0.2, 0) is 6.54 Å². The summed E-state index contributed by atoms with van der Waals surface area (Å²) in [5, 5.41) is 19.4. The van der Waals surface area contributed by atoms with Crippen LogP contribution in [0.3, 0.4) is 0 Å². The van der Waals surface area contributed by atoms with Gasteiger partial charge in [-0.2, -0.15) is 5.26 Å². The summed E-state index contributed by atoms with van der Waals surface area (Å²) in [5.74, 6) is -0.820. The van der Waals surface area contributed by atoms with E-state index in [2.05, 4.69) is 0 Å². The summed E-state index contributed by atoms with van der Waals surface area (Å²) in [6.07, 6.45) is 0. The fourth-order valence-corrected chi connectivity index (χ4v) is 2.07. The van der Waals surface area contributed by atoms with Gasteiger partial charge in [-0.25, -0.2) is 0 Å². The predicted molar refractivity (Wildman–Crippen MR) is 75.8 cm³/mol. The molecule has 0 radical (unpaired) electrons. The van der Waals surface area contributed by atoms with Crippen LogP contribution in [0.1, 0.15) is 49.2 Å². The molecule has 0 saturated heterocycles. The summed E-state index contributed by atoms with van der Waals surface area (Å²) in [5.41, 5.74) is -0.283. The molecule has 0 atom stereocenters. The molecule has 0 spiro atoms. The normalized spacial score (nSPS) is 10.9. The number of carbonyl (C=O) groups is 1. The lowest BCUT2D eigenvalue weighted by molar-refractivity contribution is 0.0934. The molecule has 0 aliphatic rings. The van der Waals surface area contributed by atoms with Gasteiger partial charge in [0.15, 0.2) is 5.78 Å². The van der Waals surface area contributed by atoms with Gasteiger partial charge in [0.05, 0.1) is 5.56 Å². The van der Waals surface area contributed by atoms with Crippen molar-refractivity contribution in [3.8, 4) is 11.9 Å². The number of hydrogen-bond donors (Lipinski definition) is 1. The first-order valence-corrected chi connectivity index (χ1v) is 6.63. The van der Waals surface area contributed by atoms with E-state index in [1.807, 2.05) is 19.9 Å². The van der Waals surface area contributed by atoms with Gasteiger partial charge in [-0.3, -0.25) is 14.2 Å². The zero-order valence-corrected chi connectivity index (χ0v) is 12.5. The fraction of sp³-hybridized carbons (Fsp3) is 0.533. The average molecular weight is 276 g/mol. The van der Waals surface area contributed by atoms with Crippen molar-refractivity contribution >= 4 is 5.78 Å². The van der Waals surface area contributed by atoms with E-state index in [1.165, 1.54) is 6.92 Å². The molecule has 1 aromatic rings. The van der Waals surface area contributed by atoms with Gasteiger partial charge in [0, 0.05) is 12.5 Å². The lowest BCUT2D eigenvalue weighted by atomic mass is 9.95. The minimum Gasteiger partial charge on any atom is -0.494 e. The molecular formula is C15H20N2O3. The van der Waals surface area contributed by atoms with Crippen molar-refractivity contribution in [2.75, 3.05) is 0 Å². The van der Waals surface area contributed by atoms with E-state index < -0.39 is 5.56 Å². The Morgan fingerprint density at radius 1 is 1.35 bits per heavy atom. The summed E-state index contributed by atoms with van der Waals surface area (Å²) in [6.45, 7) is 8.99. The van der Waals surface area contributed by atoms with Crippen LogP contribution in [0.15, 0.2) is 4.79 Å². The van der Waals surface area contributed by atoms with Crippen LogP contribution in [0.2, 0.25) is 0 Å². The molecular weight excluding hydrogens is 256 g/mol. The predicted octanol–water partition coefficient (Wildman–Crippen LogP) is 2.23. The van der Waals surface area contributed by atoms with Gasteiger partial charge in [-0.15, -0.1) is 0 Å². The second kappa shape index (κ2) is 5.91. The lowest BCUT2D eigenvalue weighted by Gasteiger charge is -2.17. The summed E-state index contributed by atoms with van der Waals surface area (Å²) in [7, 11) is 0. The van der Waals surface area contributed by atoms with Gasteiger partial charge < -0.3 is 5.11 Å². The zero-order valence-electron chi connectivity index (χ0n) is 12.5. The van der Waals surface area contributed by atoms with Crippen LogP contribution >= 0.6 is 0 Å². The van der Waals surface area contributed by atoms with Crippen LogP contribution in [0, 0.1) is 30.1 Å². The molecule has 0 aliphatic heterocycles. The molecule has 5 heteroatoms. The number of nitrogens with zero attached hydrogens (tertiary/aromatic N) is 2. The van der Waals surface area contributed by atoms with Gasteiger partial charge in [0.1, 0.15) is 11.6 Å². The van der Waals surface area contributed by atoms with Crippen LogP contribution in [0.25, 0.3) is 0 Å². The largest absolute Gasteiger partial charge is 0.494 e. The number of aromatic nitrogens is 1. The Bertz CT molecular complexity index is 634. The summed E-state index contributed by atoms with van der Waals surface area (Å²) >= 11 is 0. The Morgan fingerprint density at radius 3 is 2.30 bits per heavy atom.